The second kappa shape index (κ2) is 7.34. The van der Waals surface area contributed by atoms with Gasteiger partial charge in [-0.3, -0.25) is 0 Å². The van der Waals surface area contributed by atoms with Crippen LogP contribution in [0, 0.1) is 0 Å². The van der Waals surface area contributed by atoms with Crippen LogP contribution in [0.5, 0.6) is 11.8 Å². The number of rotatable bonds is 7. The molecule has 0 amide bonds. The molecule has 17 heavy (non-hydrogen) atoms. The Morgan fingerprint density at radius 1 is 1.41 bits per heavy atom. The third-order valence-electron chi connectivity index (χ3n) is 2.20. The molecule has 0 saturated heterocycles. The molecule has 0 saturated carbocycles. The molecular weight excluding hydrogens is 240 g/mol. The van der Waals surface area contributed by atoms with Crippen molar-refractivity contribution in [1.29, 1.82) is 0 Å². The smallest absolute Gasteiger partial charge is 0.241 e. The summed E-state index contributed by atoms with van der Waals surface area (Å²) in [5.74, 6) is 2.62. The van der Waals surface area contributed by atoms with Gasteiger partial charge in [0.2, 0.25) is 11.8 Å². The van der Waals surface area contributed by atoms with Crippen molar-refractivity contribution < 1.29 is 14.6 Å². The lowest BCUT2D eigenvalue weighted by Crippen LogP contribution is -2.07. The van der Waals surface area contributed by atoms with Crippen LogP contribution in [0.15, 0.2) is 6.20 Å². The third-order valence-corrected chi connectivity index (χ3v) is 3.14. The Bertz CT molecular complexity index is 349. The van der Waals surface area contributed by atoms with Crippen LogP contribution in [0.2, 0.25) is 0 Å². The van der Waals surface area contributed by atoms with Gasteiger partial charge >= 0.3 is 0 Å². The topological polar surface area (TPSA) is 64.5 Å². The molecule has 1 heterocycles. The van der Waals surface area contributed by atoms with E-state index in [9.17, 15) is 5.11 Å². The molecule has 5 nitrogen and oxygen atoms in total. The van der Waals surface area contributed by atoms with Gasteiger partial charge in [0.25, 0.3) is 0 Å². The number of thioether (sulfide) groups is 1. The molecule has 0 spiro atoms. The summed E-state index contributed by atoms with van der Waals surface area (Å²) < 4.78 is 10.0. The molecule has 0 radical (unpaired) electrons. The van der Waals surface area contributed by atoms with Gasteiger partial charge in [0.05, 0.1) is 20.4 Å². The summed E-state index contributed by atoms with van der Waals surface area (Å²) in [6, 6.07) is 0. The summed E-state index contributed by atoms with van der Waals surface area (Å²) in [5, 5.41) is 9.99. The molecule has 0 aliphatic rings. The maximum absolute atomic E-state index is 9.99. The van der Waals surface area contributed by atoms with Crippen molar-refractivity contribution in [2.24, 2.45) is 0 Å². The SMILES string of the molecule is CCSCCC(O)c1ncc(OC)nc1OC. The molecule has 1 rings (SSSR count). The number of aliphatic hydroxyl groups excluding tert-OH is 1. The zero-order valence-electron chi connectivity index (χ0n) is 10.3. The van der Waals surface area contributed by atoms with Gasteiger partial charge in [0.1, 0.15) is 11.8 Å². The van der Waals surface area contributed by atoms with E-state index in [1.807, 2.05) is 0 Å². The van der Waals surface area contributed by atoms with Crippen LogP contribution in [-0.2, 0) is 0 Å². The van der Waals surface area contributed by atoms with Crippen LogP contribution in [0.25, 0.3) is 0 Å². The number of aromatic nitrogens is 2. The van der Waals surface area contributed by atoms with Crippen molar-refractivity contribution >= 4 is 11.8 Å². The van der Waals surface area contributed by atoms with E-state index in [0.717, 1.165) is 11.5 Å². The summed E-state index contributed by atoms with van der Waals surface area (Å²) >= 11 is 1.78. The van der Waals surface area contributed by atoms with Gasteiger partial charge in [-0.25, -0.2) is 4.98 Å². The standard InChI is InChI=1S/C11H18N2O3S/c1-4-17-6-5-8(14)10-11(16-3)13-9(15-2)7-12-10/h7-8,14H,4-6H2,1-3H3. The minimum atomic E-state index is -0.651. The zero-order chi connectivity index (χ0) is 12.7. The lowest BCUT2D eigenvalue weighted by Gasteiger charge is -2.13. The molecule has 1 atom stereocenters. The van der Waals surface area contributed by atoms with E-state index < -0.39 is 6.10 Å². The first-order valence-electron chi connectivity index (χ1n) is 5.43. The Labute approximate surface area is 106 Å². The zero-order valence-corrected chi connectivity index (χ0v) is 11.2. The average Bonchev–Trinajstić information content (AvgIpc) is 2.38. The molecule has 1 aromatic heterocycles. The highest BCUT2D eigenvalue weighted by molar-refractivity contribution is 7.99. The van der Waals surface area contributed by atoms with Crippen LogP contribution in [0.4, 0.5) is 0 Å². The molecule has 6 heteroatoms. The molecule has 1 aromatic rings. The molecule has 1 unspecified atom stereocenters. The summed E-state index contributed by atoms with van der Waals surface area (Å²) in [5.41, 5.74) is 0.463. The lowest BCUT2D eigenvalue weighted by molar-refractivity contribution is 0.163. The van der Waals surface area contributed by atoms with Gasteiger partial charge in [0.15, 0.2) is 0 Å². The Balaban J connectivity index is 2.74. The van der Waals surface area contributed by atoms with Gasteiger partial charge in [-0.2, -0.15) is 16.7 Å². The summed E-state index contributed by atoms with van der Waals surface area (Å²) in [6.07, 6.45) is 1.46. The van der Waals surface area contributed by atoms with Crippen LogP contribution in [0.3, 0.4) is 0 Å². The van der Waals surface area contributed by atoms with E-state index in [2.05, 4.69) is 16.9 Å². The summed E-state index contributed by atoms with van der Waals surface area (Å²) in [7, 11) is 3.01. The third kappa shape index (κ3) is 4.05. The second-order valence-electron chi connectivity index (χ2n) is 3.31. The fourth-order valence-corrected chi connectivity index (χ4v) is 2.00. The highest BCUT2D eigenvalue weighted by Crippen LogP contribution is 2.26. The molecule has 0 bridgehead atoms. The minimum Gasteiger partial charge on any atom is -0.480 e. The Hall–Kier alpha value is -1.01. The van der Waals surface area contributed by atoms with E-state index >= 15 is 0 Å². The minimum absolute atomic E-state index is 0.318. The fourth-order valence-electron chi connectivity index (χ4n) is 1.32. The number of hydrogen-bond donors (Lipinski definition) is 1. The Kier molecular flexibility index (Phi) is 6.07. The van der Waals surface area contributed by atoms with E-state index in [4.69, 9.17) is 9.47 Å². The van der Waals surface area contributed by atoms with Crippen molar-refractivity contribution in [3.63, 3.8) is 0 Å². The van der Waals surface area contributed by atoms with E-state index in [1.54, 1.807) is 11.8 Å². The van der Waals surface area contributed by atoms with E-state index in [1.165, 1.54) is 20.4 Å². The van der Waals surface area contributed by atoms with Crippen molar-refractivity contribution in [3.05, 3.63) is 11.9 Å². The predicted molar refractivity (Wildman–Crippen MR) is 67.7 cm³/mol. The number of methoxy groups -OCH3 is 2. The molecule has 1 N–H and O–H groups in total. The Morgan fingerprint density at radius 3 is 2.76 bits per heavy atom. The van der Waals surface area contributed by atoms with Gasteiger partial charge in [-0.1, -0.05) is 6.92 Å². The first-order chi connectivity index (χ1) is 8.22. The van der Waals surface area contributed by atoms with Crippen molar-refractivity contribution in [3.8, 4) is 11.8 Å². The van der Waals surface area contributed by atoms with Gasteiger partial charge in [-0.15, -0.1) is 0 Å². The highest BCUT2D eigenvalue weighted by Gasteiger charge is 2.17. The number of hydrogen-bond acceptors (Lipinski definition) is 6. The van der Waals surface area contributed by atoms with Gasteiger partial charge in [-0.05, 0) is 17.9 Å². The number of aliphatic hydroxyl groups is 1. The van der Waals surface area contributed by atoms with Crippen LogP contribution < -0.4 is 9.47 Å². The molecule has 0 fully saturated rings. The monoisotopic (exact) mass is 258 g/mol. The first-order valence-corrected chi connectivity index (χ1v) is 6.59. The summed E-state index contributed by atoms with van der Waals surface area (Å²) in [6.45, 7) is 2.09. The maximum atomic E-state index is 9.99. The largest absolute Gasteiger partial charge is 0.480 e. The number of ether oxygens (including phenoxy) is 2. The first kappa shape index (κ1) is 14.1. The fraction of sp³-hybridized carbons (Fsp3) is 0.636. The van der Waals surface area contributed by atoms with Crippen LogP contribution in [-0.4, -0.2) is 40.8 Å². The normalized spacial score (nSPS) is 12.2. The molecule has 96 valence electrons. The van der Waals surface area contributed by atoms with Crippen molar-refractivity contribution in [2.75, 3.05) is 25.7 Å². The van der Waals surface area contributed by atoms with Crippen molar-refractivity contribution in [1.82, 2.24) is 9.97 Å². The maximum Gasteiger partial charge on any atom is 0.241 e. The van der Waals surface area contributed by atoms with E-state index in [0.29, 0.717) is 23.9 Å². The van der Waals surface area contributed by atoms with Crippen molar-refractivity contribution in [2.45, 2.75) is 19.4 Å². The average molecular weight is 258 g/mol. The predicted octanol–water partition coefficient (Wildman–Crippen LogP) is 1.67. The highest BCUT2D eigenvalue weighted by atomic mass is 32.2. The second-order valence-corrected chi connectivity index (χ2v) is 4.70. The Morgan fingerprint density at radius 2 is 2.18 bits per heavy atom. The quantitative estimate of drug-likeness (QED) is 0.751. The van der Waals surface area contributed by atoms with Crippen LogP contribution in [0.1, 0.15) is 25.1 Å². The summed E-state index contributed by atoms with van der Waals surface area (Å²) in [4.78, 5) is 8.21. The molecule has 0 aliphatic heterocycles. The van der Waals surface area contributed by atoms with E-state index in [-0.39, 0.29) is 0 Å². The molecule has 0 aromatic carbocycles. The van der Waals surface area contributed by atoms with Gasteiger partial charge < -0.3 is 14.6 Å². The van der Waals surface area contributed by atoms with Gasteiger partial charge in [0, 0.05) is 0 Å². The number of nitrogens with zero attached hydrogens (tertiary/aromatic N) is 2. The molecular formula is C11H18N2O3S. The van der Waals surface area contributed by atoms with Crippen LogP contribution >= 0.6 is 11.8 Å². The lowest BCUT2D eigenvalue weighted by atomic mass is 10.2. The molecule has 0 aliphatic carbocycles.